The second kappa shape index (κ2) is 6.72. The van der Waals surface area contributed by atoms with Gasteiger partial charge in [-0.3, -0.25) is 19.7 Å². The zero-order valence-corrected chi connectivity index (χ0v) is 16.1. The highest BCUT2D eigenvalue weighted by atomic mass is 16.2. The molecule has 0 spiro atoms. The van der Waals surface area contributed by atoms with Gasteiger partial charge in [0.05, 0.1) is 12.1 Å². The third-order valence-electron chi connectivity index (χ3n) is 6.43. The van der Waals surface area contributed by atoms with Crippen molar-refractivity contribution in [2.24, 2.45) is 0 Å². The number of piperazine rings is 1. The summed E-state index contributed by atoms with van der Waals surface area (Å²) < 4.78 is 0. The molecule has 0 radical (unpaired) electrons. The van der Waals surface area contributed by atoms with Crippen molar-refractivity contribution < 1.29 is 9.59 Å². The van der Waals surface area contributed by atoms with E-state index in [9.17, 15) is 9.59 Å². The van der Waals surface area contributed by atoms with Crippen LogP contribution < -0.4 is 4.90 Å². The van der Waals surface area contributed by atoms with Gasteiger partial charge in [0, 0.05) is 28.8 Å². The van der Waals surface area contributed by atoms with Crippen LogP contribution in [0.25, 0.3) is 0 Å². The summed E-state index contributed by atoms with van der Waals surface area (Å²) in [6.07, 6.45) is 8.67. The molecule has 146 valence electrons. The van der Waals surface area contributed by atoms with E-state index in [0.29, 0.717) is 5.69 Å². The number of anilines is 1. The van der Waals surface area contributed by atoms with Crippen LogP contribution in [0.2, 0.25) is 0 Å². The highest BCUT2D eigenvalue weighted by Crippen LogP contribution is 2.35. The molecule has 2 amide bonds. The average Bonchev–Trinajstić information content (AvgIpc) is 3.30. The van der Waals surface area contributed by atoms with Gasteiger partial charge in [0.15, 0.2) is 5.69 Å². The average molecular weight is 379 g/mol. The number of aromatic nitrogens is 3. The third kappa shape index (κ3) is 2.72. The number of aryl methyl sites for hydroxylation is 2. The van der Waals surface area contributed by atoms with Gasteiger partial charge in [-0.2, -0.15) is 5.10 Å². The topological polar surface area (TPSA) is 82.2 Å². The number of nitrogens with one attached hydrogen (secondary N) is 1. The van der Waals surface area contributed by atoms with Crippen molar-refractivity contribution in [1.82, 2.24) is 20.1 Å². The maximum atomic E-state index is 13.4. The van der Waals surface area contributed by atoms with Gasteiger partial charge in [0.2, 0.25) is 5.91 Å². The highest BCUT2D eigenvalue weighted by molar-refractivity contribution is 6.02. The van der Waals surface area contributed by atoms with Crippen LogP contribution in [-0.4, -0.2) is 50.5 Å². The lowest BCUT2D eigenvalue weighted by Gasteiger charge is -2.49. The number of carbonyl (C=O) groups is 2. The van der Waals surface area contributed by atoms with E-state index < -0.39 is 0 Å². The standard InChI is InChI=1S/C21H25N5O2/c1-13-11-14(9-10-22-13)26-18-8-3-2-7-17(18)25(12-19(26)27)21(28)20-15-5-4-6-16(15)23-24-20/h9-11,17-18H,2-8,12H2,1H3,(H,23,24)/t17-,18-/m0/s1. The molecule has 28 heavy (non-hydrogen) atoms. The van der Waals surface area contributed by atoms with Gasteiger partial charge < -0.3 is 9.80 Å². The number of fused-ring (bicyclic) bond motifs is 2. The normalized spacial score (nSPS) is 24.2. The fourth-order valence-corrected chi connectivity index (χ4v) is 5.15. The molecule has 7 nitrogen and oxygen atoms in total. The Kier molecular flexibility index (Phi) is 4.18. The Labute approximate surface area is 164 Å². The predicted octanol–water partition coefficient (Wildman–Crippen LogP) is 2.40. The van der Waals surface area contributed by atoms with E-state index in [2.05, 4.69) is 15.2 Å². The lowest BCUT2D eigenvalue weighted by atomic mass is 9.85. The summed E-state index contributed by atoms with van der Waals surface area (Å²) >= 11 is 0. The van der Waals surface area contributed by atoms with Crippen LogP contribution in [0.1, 0.15) is 59.5 Å². The van der Waals surface area contributed by atoms with Crippen molar-refractivity contribution >= 4 is 17.5 Å². The largest absolute Gasteiger partial charge is 0.323 e. The Hall–Kier alpha value is -2.70. The molecule has 1 aliphatic heterocycles. The van der Waals surface area contributed by atoms with Crippen LogP contribution in [-0.2, 0) is 17.6 Å². The number of pyridine rings is 1. The highest BCUT2D eigenvalue weighted by Gasteiger charge is 2.45. The van der Waals surface area contributed by atoms with Crippen molar-refractivity contribution in [2.45, 2.75) is 64.0 Å². The van der Waals surface area contributed by atoms with Gasteiger partial charge in [-0.15, -0.1) is 0 Å². The molecule has 2 aromatic rings. The maximum absolute atomic E-state index is 13.4. The molecular formula is C21H25N5O2. The van der Waals surface area contributed by atoms with Crippen LogP contribution in [0.4, 0.5) is 5.69 Å². The molecule has 3 heterocycles. The Morgan fingerprint density at radius 3 is 2.82 bits per heavy atom. The van der Waals surface area contributed by atoms with E-state index in [0.717, 1.165) is 67.6 Å². The molecule has 0 bridgehead atoms. The Bertz CT molecular complexity index is 937. The fraction of sp³-hybridized carbons (Fsp3) is 0.524. The van der Waals surface area contributed by atoms with E-state index >= 15 is 0 Å². The molecule has 2 aromatic heterocycles. The SMILES string of the molecule is Cc1cc(N2C(=O)CN(C(=O)c3n[nH]c4c3CCC4)[C@H]3CCCC[C@@H]32)ccn1. The van der Waals surface area contributed by atoms with Crippen molar-refractivity contribution in [1.29, 1.82) is 0 Å². The lowest BCUT2D eigenvalue weighted by Crippen LogP contribution is -2.64. The van der Waals surface area contributed by atoms with Crippen LogP contribution >= 0.6 is 0 Å². The van der Waals surface area contributed by atoms with Crippen molar-refractivity contribution in [3.05, 3.63) is 41.0 Å². The predicted molar refractivity (Wildman–Crippen MR) is 104 cm³/mol. The molecule has 2 aliphatic carbocycles. The van der Waals surface area contributed by atoms with E-state index in [-0.39, 0.29) is 30.4 Å². The number of hydrogen-bond donors (Lipinski definition) is 1. The minimum absolute atomic E-state index is 0.0192. The first-order chi connectivity index (χ1) is 13.6. The molecule has 0 aromatic carbocycles. The van der Waals surface area contributed by atoms with E-state index in [1.165, 1.54) is 0 Å². The summed E-state index contributed by atoms with van der Waals surface area (Å²) in [5, 5.41) is 7.35. The van der Waals surface area contributed by atoms with Crippen LogP contribution in [0.15, 0.2) is 18.3 Å². The number of carbonyl (C=O) groups excluding carboxylic acids is 2. The summed E-state index contributed by atoms with van der Waals surface area (Å²) in [5.41, 5.74) is 4.45. The van der Waals surface area contributed by atoms with E-state index in [1.807, 2.05) is 24.0 Å². The summed E-state index contributed by atoms with van der Waals surface area (Å²) in [7, 11) is 0. The molecule has 2 atom stereocenters. The van der Waals surface area contributed by atoms with Gasteiger partial charge in [0.25, 0.3) is 5.91 Å². The minimum Gasteiger partial charge on any atom is -0.323 e. The summed E-state index contributed by atoms with van der Waals surface area (Å²) in [6, 6.07) is 3.92. The van der Waals surface area contributed by atoms with Crippen molar-refractivity contribution in [3.8, 4) is 0 Å². The van der Waals surface area contributed by atoms with E-state index in [4.69, 9.17) is 0 Å². The minimum atomic E-state index is -0.0878. The summed E-state index contributed by atoms with van der Waals surface area (Å²) in [4.78, 5) is 34.5. The quantitative estimate of drug-likeness (QED) is 0.869. The van der Waals surface area contributed by atoms with Gasteiger partial charge in [0.1, 0.15) is 6.54 Å². The molecule has 1 saturated carbocycles. The number of amides is 2. The van der Waals surface area contributed by atoms with Gasteiger partial charge >= 0.3 is 0 Å². The van der Waals surface area contributed by atoms with Crippen molar-refractivity contribution in [2.75, 3.05) is 11.4 Å². The van der Waals surface area contributed by atoms with E-state index in [1.54, 1.807) is 11.1 Å². The Morgan fingerprint density at radius 2 is 2.00 bits per heavy atom. The Morgan fingerprint density at radius 1 is 1.18 bits per heavy atom. The van der Waals surface area contributed by atoms with Crippen molar-refractivity contribution in [3.63, 3.8) is 0 Å². The molecule has 0 unspecified atom stereocenters. The maximum Gasteiger partial charge on any atom is 0.275 e. The summed E-state index contributed by atoms with van der Waals surface area (Å²) in [5.74, 6) is -0.107. The van der Waals surface area contributed by atoms with Crippen LogP contribution in [0.3, 0.4) is 0 Å². The van der Waals surface area contributed by atoms with Gasteiger partial charge in [-0.25, -0.2) is 0 Å². The molecule has 2 fully saturated rings. The second-order valence-electron chi connectivity index (χ2n) is 8.15. The molecule has 7 heteroatoms. The zero-order valence-electron chi connectivity index (χ0n) is 16.1. The van der Waals surface area contributed by atoms with Gasteiger partial charge in [-0.1, -0.05) is 12.8 Å². The molecular weight excluding hydrogens is 354 g/mol. The lowest BCUT2D eigenvalue weighted by molar-refractivity contribution is -0.123. The monoisotopic (exact) mass is 379 g/mol. The zero-order chi connectivity index (χ0) is 19.3. The first kappa shape index (κ1) is 17.4. The second-order valence-corrected chi connectivity index (χ2v) is 8.15. The fourth-order valence-electron chi connectivity index (χ4n) is 5.15. The van der Waals surface area contributed by atoms with Crippen LogP contribution in [0.5, 0.6) is 0 Å². The first-order valence-electron chi connectivity index (χ1n) is 10.3. The molecule has 5 rings (SSSR count). The molecule has 1 N–H and O–H groups in total. The number of H-pyrrole nitrogens is 1. The number of aromatic amines is 1. The third-order valence-corrected chi connectivity index (χ3v) is 6.43. The number of hydrogen-bond acceptors (Lipinski definition) is 4. The summed E-state index contributed by atoms with van der Waals surface area (Å²) in [6.45, 7) is 2.05. The first-order valence-corrected chi connectivity index (χ1v) is 10.3. The van der Waals surface area contributed by atoms with Crippen LogP contribution in [0, 0.1) is 6.92 Å². The van der Waals surface area contributed by atoms with Gasteiger partial charge in [-0.05, 0) is 51.2 Å². The molecule has 3 aliphatic rings. The number of rotatable bonds is 2. The molecule has 1 saturated heterocycles. The Balaban J connectivity index is 1.48. The smallest absolute Gasteiger partial charge is 0.275 e. The number of nitrogens with zero attached hydrogens (tertiary/aromatic N) is 4.